The maximum Gasteiger partial charge on any atom is 0.313 e. The predicted molar refractivity (Wildman–Crippen MR) is 70.2 cm³/mol. The molecule has 1 N–H and O–H groups in total. The standard InChI is InChI=1S/C12H11BrO2S/c1-12(2,11(14)15)7-6-16-9-5-3-4-8(13)10(7)9/h3-6H,1-2H3,(H,14,15). The first-order valence-electron chi connectivity index (χ1n) is 4.84. The van der Waals surface area contributed by atoms with E-state index in [0.717, 1.165) is 20.1 Å². The Morgan fingerprint density at radius 1 is 1.44 bits per heavy atom. The molecule has 0 bridgehead atoms. The second-order valence-electron chi connectivity index (χ2n) is 4.19. The molecule has 0 atom stereocenters. The molecule has 2 rings (SSSR count). The van der Waals surface area contributed by atoms with Gasteiger partial charge in [0.1, 0.15) is 0 Å². The van der Waals surface area contributed by atoms with Crippen molar-refractivity contribution in [1.82, 2.24) is 0 Å². The summed E-state index contributed by atoms with van der Waals surface area (Å²) in [4.78, 5) is 11.3. The van der Waals surface area contributed by atoms with Gasteiger partial charge in [0.15, 0.2) is 0 Å². The van der Waals surface area contributed by atoms with Crippen LogP contribution in [0.15, 0.2) is 28.1 Å². The highest BCUT2D eigenvalue weighted by atomic mass is 79.9. The van der Waals surface area contributed by atoms with E-state index in [1.165, 1.54) is 0 Å². The zero-order valence-electron chi connectivity index (χ0n) is 8.95. The monoisotopic (exact) mass is 298 g/mol. The van der Waals surface area contributed by atoms with Crippen molar-refractivity contribution in [3.63, 3.8) is 0 Å². The fourth-order valence-electron chi connectivity index (χ4n) is 1.62. The van der Waals surface area contributed by atoms with Gasteiger partial charge in [-0.15, -0.1) is 11.3 Å². The predicted octanol–water partition coefficient (Wildman–Crippen LogP) is 4.03. The first kappa shape index (κ1) is 11.6. The first-order valence-corrected chi connectivity index (χ1v) is 6.51. The van der Waals surface area contributed by atoms with E-state index in [-0.39, 0.29) is 0 Å². The number of hydrogen-bond donors (Lipinski definition) is 1. The van der Waals surface area contributed by atoms with Crippen LogP contribution in [0.2, 0.25) is 0 Å². The van der Waals surface area contributed by atoms with E-state index in [2.05, 4.69) is 15.9 Å². The van der Waals surface area contributed by atoms with Gasteiger partial charge in [0.25, 0.3) is 0 Å². The summed E-state index contributed by atoms with van der Waals surface area (Å²) >= 11 is 5.06. The second-order valence-corrected chi connectivity index (χ2v) is 5.96. The van der Waals surface area contributed by atoms with Crippen LogP contribution in [0.3, 0.4) is 0 Å². The average molecular weight is 299 g/mol. The molecule has 1 aromatic heterocycles. The molecule has 16 heavy (non-hydrogen) atoms. The summed E-state index contributed by atoms with van der Waals surface area (Å²) in [7, 11) is 0. The number of aliphatic carboxylic acids is 1. The highest BCUT2D eigenvalue weighted by Gasteiger charge is 2.32. The number of carbonyl (C=O) groups is 1. The van der Waals surface area contributed by atoms with Gasteiger partial charge in [-0.1, -0.05) is 22.0 Å². The Morgan fingerprint density at radius 3 is 2.75 bits per heavy atom. The molecule has 4 heteroatoms. The van der Waals surface area contributed by atoms with Crippen molar-refractivity contribution in [2.24, 2.45) is 0 Å². The molecule has 1 aromatic carbocycles. The minimum atomic E-state index is -0.859. The summed E-state index contributed by atoms with van der Waals surface area (Å²) in [6.07, 6.45) is 0. The van der Waals surface area contributed by atoms with Crippen LogP contribution in [0.25, 0.3) is 10.1 Å². The molecular weight excluding hydrogens is 288 g/mol. The lowest BCUT2D eigenvalue weighted by molar-refractivity contribution is -0.142. The molecule has 0 spiro atoms. The largest absolute Gasteiger partial charge is 0.481 e. The van der Waals surface area contributed by atoms with Crippen molar-refractivity contribution in [1.29, 1.82) is 0 Å². The molecular formula is C12H11BrO2S. The quantitative estimate of drug-likeness (QED) is 0.909. The third-order valence-electron chi connectivity index (χ3n) is 2.76. The summed E-state index contributed by atoms with van der Waals surface area (Å²) in [5.74, 6) is -0.803. The van der Waals surface area contributed by atoms with Gasteiger partial charge in [0.2, 0.25) is 0 Å². The normalized spacial score (nSPS) is 11.9. The molecule has 0 aliphatic rings. The van der Waals surface area contributed by atoms with Crippen LogP contribution in [0.5, 0.6) is 0 Å². The highest BCUT2D eigenvalue weighted by molar-refractivity contribution is 9.10. The number of thiophene rings is 1. The van der Waals surface area contributed by atoms with E-state index in [1.54, 1.807) is 25.2 Å². The molecule has 0 saturated carbocycles. The van der Waals surface area contributed by atoms with Crippen LogP contribution in [0, 0.1) is 0 Å². The van der Waals surface area contributed by atoms with Crippen LogP contribution in [0.1, 0.15) is 19.4 Å². The molecule has 0 saturated heterocycles. The minimum Gasteiger partial charge on any atom is -0.481 e. The zero-order valence-corrected chi connectivity index (χ0v) is 11.4. The fourth-order valence-corrected chi connectivity index (χ4v) is 3.48. The Labute approximate surface area is 106 Å². The van der Waals surface area contributed by atoms with Crippen LogP contribution in [0.4, 0.5) is 0 Å². The maximum atomic E-state index is 11.3. The Kier molecular flexibility index (Phi) is 2.80. The Balaban J connectivity index is 2.76. The number of hydrogen-bond acceptors (Lipinski definition) is 2. The number of carboxylic acids is 1. The number of carboxylic acid groups (broad SMARTS) is 1. The van der Waals surface area contributed by atoms with E-state index in [0.29, 0.717) is 0 Å². The third-order valence-corrected chi connectivity index (χ3v) is 4.36. The van der Waals surface area contributed by atoms with Gasteiger partial charge in [0.05, 0.1) is 5.41 Å². The third kappa shape index (κ3) is 1.66. The lowest BCUT2D eigenvalue weighted by atomic mass is 9.85. The lowest BCUT2D eigenvalue weighted by Crippen LogP contribution is -2.28. The molecule has 0 fully saturated rings. The van der Waals surface area contributed by atoms with E-state index < -0.39 is 11.4 Å². The number of rotatable bonds is 2. The molecule has 1 heterocycles. The second kappa shape index (κ2) is 3.86. The van der Waals surface area contributed by atoms with Gasteiger partial charge < -0.3 is 5.11 Å². The Morgan fingerprint density at radius 2 is 2.12 bits per heavy atom. The molecule has 84 valence electrons. The van der Waals surface area contributed by atoms with E-state index in [1.807, 2.05) is 23.6 Å². The van der Waals surface area contributed by atoms with Crippen molar-refractivity contribution in [3.05, 3.63) is 33.6 Å². The van der Waals surface area contributed by atoms with Crippen LogP contribution in [-0.2, 0) is 10.2 Å². The average Bonchev–Trinajstić information content (AvgIpc) is 2.63. The molecule has 0 aliphatic carbocycles. The van der Waals surface area contributed by atoms with Gasteiger partial charge in [-0.3, -0.25) is 4.79 Å². The topological polar surface area (TPSA) is 37.3 Å². The van der Waals surface area contributed by atoms with E-state index in [4.69, 9.17) is 0 Å². The Hall–Kier alpha value is -0.870. The minimum absolute atomic E-state index is 0.803. The maximum absolute atomic E-state index is 11.3. The summed E-state index contributed by atoms with van der Waals surface area (Å²) in [5, 5.41) is 12.2. The molecule has 2 nitrogen and oxygen atoms in total. The summed E-state index contributed by atoms with van der Waals surface area (Å²) < 4.78 is 2.06. The summed E-state index contributed by atoms with van der Waals surface area (Å²) in [6, 6.07) is 5.91. The number of halogens is 1. The Bertz CT molecular complexity index is 557. The summed E-state index contributed by atoms with van der Waals surface area (Å²) in [5.41, 5.74) is 0.00903. The molecule has 0 unspecified atom stereocenters. The first-order chi connectivity index (χ1) is 7.44. The van der Waals surface area contributed by atoms with E-state index >= 15 is 0 Å². The van der Waals surface area contributed by atoms with Crippen molar-refractivity contribution in [3.8, 4) is 0 Å². The molecule has 0 aliphatic heterocycles. The van der Waals surface area contributed by atoms with Gasteiger partial charge in [-0.25, -0.2) is 0 Å². The zero-order chi connectivity index (χ0) is 11.9. The van der Waals surface area contributed by atoms with Gasteiger partial charge in [-0.2, -0.15) is 0 Å². The molecule has 0 amide bonds. The smallest absolute Gasteiger partial charge is 0.313 e. The van der Waals surface area contributed by atoms with Gasteiger partial charge >= 0.3 is 5.97 Å². The summed E-state index contributed by atoms with van der Waals surface area (Å²) in [6.45, 7) is 3.46. The highest BCUT2D eigenvalue weighted by Crippen LogP contribution is 2.38. The number of fused-ring (bicyclic) bond motifs is 1. The molecule has 2 aromatic rings. The van der Waals surface area contributed by atoms with Crippen LogP contribution in [-0.4, -0.2) is 11.1 Å². The van der Waals surface area contributed by atoms with E-state index in [9.17, 15) is 9.90 Å². The SMILES string of the molecule is CC(C)(C(=O)O)c1csc2cccc(Br)c12. The fraction of sp³-hybridized carbons (Fsp3) is 0.250. The van der Waals surface area contributed by atoms with Crippen LogP contribution >= 0.6 is 27.3 Å². The van der Waals surface area contributed by atoms with Crippen molar-refractivity contribution in [2.75, 3.05) is 0 Å². The lowest BCUT2D eigenvalue weighted by Gasteiger charge is -2.18. The van der Waals surface area contributed by atoms with Crippen molar-refractivity contribution in [2.45, 2.75) is 19.3 Å². The van der Waals surface area contributed by atoms with Crippen molar-refractivity contribution >= 4 is 43.3 Å². The number of benzene rings is 1. The van der Waals surface area contributed by atoms with Crippen molar-refractivity contribution < 1.29 is 9.90 Å². The van der Waals surface area contributed by atoms with Gasteiger partial charge in [0, 0.05) is 14.6 Å². The van der Waals surface area contributed by atoms with Crippen LogP contribution < -0.4 is 0 Å². The molecule has 0 radical (unpaired) electrons. The van der Waals surface area contributed by atoms with Gasteiger partial charge in [-0.05, 0) is 36.9 Å².